The van der Waals surface area contributed by atoms with Crippen molar-refractivity contribution in [2.45, 2.75) is 33.1 Å². The molecule has 1 atom stereocenters. The fourth-order valence-corrected chi connectivity index (χ4v) is 2.66. The lowest BCUT2D eigenvalue weighted by atomic mass is 9.72. The van der Waals surface area contributed by atoms with Gasteiger partial charge in [-0.05, 0) is 44.4 Å². The Labute approximate surface area is 108 Å². The third-order valence-electron chi connectivity index (χ3n) is 4.06. The molecule has 0 saturated carbocycles. The number of ketones is 1. The molecule has 1 unspecified atom stereocenters. The maximum Gasteiger partial charge on any atom is 0.170 e. The van der Waals surface area contributed by atoms with Crippen LogP contribution in [-0.4, -0.2) is 18.9 Å². The molecular weight excluding hydrogens is 229 g/mol. The Hall–Kier alpha value is -1.22. The largest absolute Gasteiger partial charge is 0.316 e. The van der Waals surface area contributed by atoms with E-state index in [9.17, 15) is 9.18 Å². The second kappa shape index (κ2) is 5.19. The normalized spacial score (nSPS) is 23.9. The van der Waals surface area contributed by atoms with Gasteiger partial charge in [0, 0.05) is 17.5 Å². The molecule has 1 fully saturated rings. The summed E-state index contributed by atoms with van der Waals surface area (Å²) in [5, 5.41) is 3.29. The number of nitrogens with one attached hydrogen (secondary N) is 1. The zero-order chi connectivity index (χ0) is 13.2. The third kappa shape index (κ3) is 2.32. The zero-order valence-electron chi connectivity index (χ0n) is 11.1. The number of benzene rings is 1. The Kier molecular flexibility index (Phi) is 3.81. The Morgan fingerprint density at radius 2 is 2.28 bits per heavy atom. The molecule has 3 heteroatoms. The van der Waals surface area contributed by atoms with E-state index in [1.807, 2.05) is 6.92 Å². The van der Waals surface area contributed by atoms with Crippen LogP contribution in [0.25, 0.3) is 0 Å². The number of Topliss-reactive ketones (excluding diaryl/α,β-unsaturated/α-hetero) is 1. The fraction of sp³-hybridized carbons (Fsp3) is 0.533. The van der Waals surface area contributed by atoms with E-state index in [-0.39, 0.29) is 17.0 Å². The minimum absolute atomic E-state index is 0.0797. The van der Waals surface area contributed by atoms with E-state index in [1.54, 1.807) is 19.1 Å². The molecule has 1 aromatic carbocycles. The summed E-state index contributed by atoms with van der Waals surface area (Å²) in [5.74, 6) is -0.216. The van der Waals surface area contributed by atoms with Crippen LogP contribution in [0.15, 0.2) is 18.2 Å². The van der Waals surface area contributed by atoms with Gasteiger partial charge in [0.05, 0.1) is 0 Å². The summed E-state index contributed by atoms with van der Waals surface area (Å²) in [6.45, 7) is 5.42. The summed E-state index contributed by atoms with van der Waals surface area (Å²) in [4.78, 5) is 12.6. The molecular formula is C15H20FNO. The molecule has 1 aromatic rings. The van der Waals surface area contributed by atoms with E-state index in [1.165, 1.54) is 6.07 Å². The Morgan fingerprint density at radius 1 is 1.50 bits per heavy atom. The highest BCUT2D eigenvalue weighted by molar-refractivity contribution is 6.00. The van der Waals surface area contributed by atoms with Crippen molar-refractivity contribution in [1.82, 2.24) is 5.32 Å². The number of piperidine rings is 1. The van der Waals surface area contributed by atoms with Crippen molar-refractivity contribution in [1.29, 1.82) is 0 Å². The number of halogens is 1. The van der Waals surface area contributed by atoms with Crippen LogP contribution in [0, 0.1) is 18.2 Å². The first kappa shape index (κ1) is 13.2. The van der Waals surface area contributed by atoms with E-state index in [0.29, 0.717) is 17.7 Å². The van der Waals surface area contributed by atoms with Gasteiger partial charge in [0.2, 0.25) is 0 Å². The third-order valence-corrected chi connectivity index (χ3v) is 4.06. The molecule has 0 amide bonds. The van der Waals surface area contributed by atoms with Gasteiger partial charge in [-0.3, -0.25) is 4.79 Å². The predicted molar refractivity (Wildman–Crippen MR) is 70.3 cm³/mol. The van der Waals surface area contributed by atoms with Crippen molar-refractivity contribution in [2.75, 3.05) is 13.1 Å². The van der Waals surface area contributed by atoms with E-state index < -0.39 is 0 Å². The summed E-state index contributed by atoms with van der Waals surface area (Å²) in [5.41, 5.74) is 0.738. The van der Waals surface area contributed by atoms with Crippen LogP contribution in [0.1, 0.15) is 42.1 Å². The average molecular weight is 249 g/mol. The summed E-state index contributed by atoms with van der Waals surface area (Å²) >= 11 is 0. The van der Waals surface area contributed by atoms with Gasteiger partial charge in [-0.25, -0.2) is 4.39 Å². The van der Waals surface area contributed by atoms with Crippen molar-refractivity contribution < 1.29 is 9.18 Å². The quantitative estimate of drug-likeness (QED) is 0.834. The second-order valence-corrected chi connectivity index (χ2v) is 5.21. The highest BCUT2D eigenvalue weighted by atomic mass is 19.1. The second-order valence-electron chi connectivity index (χ2n) is 5.21. The number of carbonyl (C=O) groups excluding carboxylic acids is 1. The predicted octanol–water partition coefficient (Wildman–Crippen LogP) is 3.10. The van der Waals surface area contributed by atoms with Crippen molar-refractivity contribution in [3.05, 3.63) is 35.1 Å². The lowest BCUT2D eigenvalue weighted by molar-refractivity contribution is 0.0730. The van der Waals surface area contributed by atoms with E-state index in [4.69, 9.17) is 0 Å². The van der Waals surface area contributed by atoms with Crippen LogP contribution in [0.5, 0.6) is 0 Å². The van der Waals surface area contributed by atoms with Crippen molar-refractivity contribution in [2.24, 2.45) is 5.41 Å². The molecule has 1 aliphatic rings. The van der Waals surface area contributed by atoms with Gasteiger partial charge in [-0.2, -0.15) is 0 Å². The van der Waals surface area contributed by atoms with Gasteiger partial charge in [-0.15, -0.1) is 0 Å². The Bertz CT molecular complexity index is 450. The molecule has 0 bridgehead atoms. The molecule has 1 saturated heterocycles. The topological polar surface area (TPSA) is 29.1 Å². The number of carbonyl (C=O) groups is 1. The first-order valence-corrected chi connectivity index (χ1v) is 6.61. The van der Waals surface area contributed by atoms with Crippen LogP contribution < -0.4 is 5.32 Å². The van der Waals surface area contributed by atoms with Crippen molar-refractivity contribution in [3.63, 3.8) is 0 Å². The van der Waals surface area contributed by atoms with Gasteiger partial charge in [-0.1, -0.05) is 19.1 Å². The molecule has 98 valence electrons. The van der Waals surface area contributed by atoms with Gasteiger partial charge in [0.1, 0.15) is 5.82 Å². The molecule has 0 aromatic heterocycles. The number of hydrogen-bond acceptors (Lipinski definition) is 2. The molecule has 2 rings (SSSR count). The molecule has 0 spiro atoms. The minimum atomic E-state index is -0.347. The van der Waals surface area contributed by atoms with Gasteiger partial charge >= 0.3 is 0 Å². The van der Waals surface area contributed by atoms with Gasteiger partial charge in [0.25, 0.3) is 0 Å². The number of hydrogen-bond donors (Lipinski definition) is 1. The van der Waals surface area contributed by atoms with Crippen LogP contribution in [0.3, 0.4) is 0 Å². The molecule has 18 heavy (non-hydrogen) atoms. The molecule has 0 aliphatic carbocycles. The Balaban J connectivity index is 2.30. The summed E-state index contributed by atoms with van der Waals surface area (Å²) in [6.07, 6.45) is 2.70. The van der Waals surface area contributed by atoms with E-state index in [2.05, 4.69) is 5.32 Å². The number of rotatable bonds is 3. The maximum absolute atomic E-state index is 13.6. The highest BCUT2D eigenvalue weighted by Crippen LogP contribution is 2.34. The molecule has 1 N–H and O–H groups in total. The molecule has 1 heterocycles. The number of aryl methyl sites for hydroxylation is 1. The first-order valence-electron chi connectivity index (χ1n) is 6.61. The highest BCUT2D eigenvalue weighted by Gasteiger charge is 2.38. The van der Waals surface area contributed by atoms with Crippen LogP contribution in [-0.2, 0) is 0 Å². The summed E-state index contributed by atoms with van der Waals surface area (Å²) < 4.78 is 13.6. The minimum Gasteiger partial charge on any atom is -0.316 e. The van der Waals surface area contributed by atoms with Gasteiger partial charge < -0.3 is 5.32 Å². The molecule has 0 radical (unpaired) electrons. The summed E-state index contributed by atoms with van der Waals surface area (Å²) in [7, 11) is 0. The van der Waals surface area contributed by atoms with Crippen LogP contribution in [0.4, 0.5) is 4.39 Å². The standard InChI is InChI=1S/C15H20FNO/c1-3-15(7-4-8-17-10-15)14(18)12-6-5-11(2)13(16)9-12/h5-6,9,17H,3-4,7-8,10H2,1-2H3. The summed E-state index contributed by atoms with van der Waals surface area (Å²) in [6, 6.07) is 4.80. The van der Waals surface area contributed by atoms with Crippen LogP contribution in [0.2, 0.25) is 0 Å². The molecule has 2 nitrogen and oxygen atoms in total. The molecule has 1 aliphatic heterocycles. The smallest absolute Gasteiger partial charge is 0.170 e. The Morgan fingerprint density at radius 3 is 2.83 bits per heavy atom. The monoisotopic (exact) mass is 249 g/mol. The van der Waals surface area contributed by atoms with Crippen LogP contribution >= 0.6 is 0 Å². The maximum atomic E-state index is 13.6. The lowest BCUT2D eigenvalue weighted by Gasteiger charge is -2.35. The SMILES string of the molecule is CCC1(C(=O)c2ccc(C)c(F)c2)CCCNC1. The lowest BCUT2D eigenvalue weighted by Crippen LogP contribution is -2.45. The van der Waals surface area contributed by atoms with E-state index in [0.717, 1.165) is 25.8 Å². The van der Waals surface area contributed by atoms with Crippen molar-refractivity contribution >= 4 is 5.78 Å². The zero-order valence-corrected chi connectivity index (χ0v) is 11.1. The van der Waals surface area contributed by atoms with Crippen molar-refractivity contribution in [3.8, 4) is 0 Å². The van der Waals surface area contributed by atoms with Gasteiger partial charge in [0.15, 0.2) is 5.78 Å². The fourth-order valence-electron chi connectivity index (χ4n) is 2.66. The van der Waals surface area contributed by atoms with E-state index >= 15 is 0 Å². The average Bonchev–Trinajstić information content (AvgIpc) is 2.42. The first-order chi connectivity index (χ1) is 8.59.